The zero-order valence-electron chi connectivity index (χ0n) is 11.6. The van der Waals surface area contributed by atoms with Crippen molar-refractivity contribution >= 4 is 17.2 Å². The molecule has 0 fully saturated rings. The van der Waals surface area contributed by atoms with Gasteiger partial charge in [-0.1, -0.05) is 37.3 Å². The fourth-order valence-corrected chi connectivity index (χ4v) is 2.76. The lowest BCUT2D eigenvalue weighted by Gasteiger charge is -2.19. The maximum Gasteiger partial charge on any atom is 0.224 e. The van der Waals surface area contributed by atoms with Crippen LogP contribution in [0, 0.1) is 5.92 Å². The maximum atomic E-state index is 12.1. The summed E-state index contributed by atoms with van der Waals surface area (Å²) in [6, 6.07) is 11.6. The predicted molar refractivity (Wildman–Crippen MR) is 83.6 cm³/mol. The third-order valence-corrected chi connectivity index (χ3v) is 4.16. The smallest absolute Gasteiger partial charge is 0.224 e. The largest absolute Gasteiger partial charge is 0.355 e. The van der Waals surface area contributed by atoms with Gasteiger partial charge < -0.3 is 11.1 Å². The normalized spacial score (nSPS) is 13.7. The minimum atomic E-state index is -0.266. The number of nitrogens with two attached hydrogens (primary N) is 1. The molecule has 0 aliphatic heterocycles. The quantitative estimate of drug-likeness (QED) is 0.858. The molecule has 0 bridgehead atoms. The second-order valence-corrected chi connectivity index (χ2v) is 5.68. The average molecular weight is 288 g/mol. The molecule has 1 aromatic heterocycles. The minimum Gasteiger partial charge on any atom is -0.355 e. The monoisotopic (exact) mass is 288 g/mol. The van der Waals surface area contributed by atoms with Gasteiger partial charge in [0.25, 0.3) is 0 Å². The first-order valence-electron chi connectivity index (χ1n) is 6.78. The molecule has 0 aliphatic rings. The number of carbonyl (C=O) groups is 1. The van der Waals surface area contributed by atoms with Crippen LogP contribution in [-0.4, -0.2) is 12.5 Å². The van der Waals surface area contributed by atoms with Crippen molar-refractivity contribution in [3.63, 3.8) is 0 Å². The molecule has 0 aliphatic carbocycles. The van der Waals surface area contributed by atoms with E-state index in [0.717, 1.165) is 12.0 Å². The minimum absolute atomic E-state index is 0.0107. The van der Waals surface area contributed by atoms with Gasteiger partial charge in [-0.2, -0.15) is 11.3 Å². The molecular weight excluding hydrogens is 268 g/mol. The van der Waals surface area contributed by atoms with E-state index in [4.69, 9.17) is 5.73 Å². The first-order valence-corrected chi connectivity index (χ1v) is 7.72. The Hall–Kier alpha value is -1.65. The number of hydrogen-bond acceptors (Lipinski definition) is 3. The topological polar surface area (TPSA) is 55.1 Å². The van der Waals surface area contributed by atoms with Crippen LogP contribution in [0.3, 0.4) is 0 Å². The Bertz CT molecular complexity index is 525. The van der Waals surface area contributed by atoms with Crippen LogP contribution in [0.1, 0.15) is 24.1 Å². The van der Waals surface area contributed by atoms with Crippen LogP contribution >= 0.6 is 11.3 Å². The first-order chi connectivity index (χ1) is 9.68. The van der Waals surface area contributed by atoms with Crippen LogP contribution in [0.4, 0.5) is 0 Å². The summed E-state index contributed by atoms with van der Waals surface area (Å²) in [5.74, 6) is -0.226. The van der Waals surface area contributed by atoms with Crippen molar-refractivity contribution in [3.8, 4) is 0 Å². The summed E-state index contributed by atoms with van der Waals surface area (Å²) in [5.41, 5.74) is 8.40. The van der Waals surface area contributed by atoms with E-state index in [-0.39, 0.29) is 17.9 Å². The van der Waals surface area contributed by atoms with Crippen molar-refractivity contribution in [1.82, 2.24) is 5.32 Å². The van der Waals surface area contributed by atoms with E-state index < -0.39 is 0 Å². The molecule has 1 amide bonds. The fraction of sp³-hybridized carbons (Fsp3) is 0.312. The molecule has 4 heteroatoms. The Morgan fingerprint density at radius 1 is 1.30 bits per heavy atom. The van der Waals surface area contributed by atoms with Gasteiger partial charge in [0.1, 0.15) is 0 Å². The summed E-state index contributed by atoms with van der Waals surface area (Å²) >= 11 is 1.67. The third-order valence-electron chi connectivity index (χ3n) is 3.43. The number of carbonyl (C=O) groups excluding carboxylic acids is 1. The molecule has 1 heterocycles. The van der Waals surface area contributed by atoms with Gasteiger partial charge in [0.05, 0.1) is 5.92 Å². The van der Waals surface area contributed by atoms with Crippen LogP contribution in [0.2, 0.25) is 0 Å². The number of rotatable bonds is 6. The highest BCUT2D eigenvalue weighted by Gasteiger charge is 2.21. The van der Waals surface area contributed by atoms with Gasteiger partial charge in [0.2, 0.25) is 5.91 Å². The highest BCUT2D eigenvalue weighted by Crippen LogP contribution is 2.19. The summed E-state index contributed by atoms with van der Waals surface area (Å²) in [6.45, 7) is 2.53. The van der Waals surface area contributed by atoms with E-state index in [1.165, 1.54) is 5.56 Å². The molecule has 0 saturated heterocycles. The summed E-state index contributed by atoms with van der Waals surface area (Å²) < 4.78 is 0. The Labute approximate surface area is 123 Å². The molecule has 3 N–H and O–H groups in total. The van der Waals surface area contributed by atoms with E-state index >= 15 is 0 Å². The van der Waals surface area contributed by atoms with Gasteiger partial charge in [-0.3, -0.25) is 4.79 Å². The second-order valence-electron chi connectivity index (χ2n) is 4.90. The van der Waals surface area contributed by atoms with E-state index in [1.54, 1.807) is 11.3 Å². The zero-order valence-corrected chi connectivity index (χ0v) is 12.4. The SMILES string of the molecule is CC(C(=O)NCCc1ccsc1)C(N)c1ccccc1. The summed E-state index contributed by atoms with van der Waals surface area (Å²) in [4.78, 5) is 12.1. The lowest BCUT2D eigenvalue weighted by molar-refractivity contribution is -0.125. The number of thiophene rings is 1. The van der Waals surface area contributed by atoms with Gasteiger partial charge in [-0.05, 0) is 34.4 Å². The van der Waals surface area contributed by atoms with Crippen molar-refractivity contribution in [3.05, 3.63) is 58.3 Å². The van der Waals surface area contributed by atoms with Gasteiger partial charge in [0.15, 0.2) is 0 Å². The maximum absolute atomic E-state index is 12.1. The molecule has 3 nitrogen and oxygen atoms in total. The van der Waals surface area contributed by atoms with Crippen molar-refractivity contribution < 1.29 is 4.79 Å². The van der Waals surface area contributed by atoms with Crippen LogP contribution in [0.25, 0.3) is 0 Å². The molecule has 2 unspecified atom stereocenters. The summed E-state index contributed by atoms with van der Waals surface area (Å²) in [7, 11) is 0. The molecule has 20 heavy (non-hydrogen) atoms. The van der Waals surface area contributed by atoms with Gasteiger partial charge in [-0.15, -0.1) is 0 Å². The van der Waals surface area contributed by atoms with E-state index in [2.05, 4.69) is 16.8 Å². The summed E-state index contributed by atoms with van der Waals surface area (Å²) in [5, 5.41) is 7.11. The van der Waals surface area contributed by atoms with E-state index in [1.807, 2.05) is 42.6 Å². The van der Waals surface area contributed by atoms with Crippen molar-refractivity contribution in [2.24, 2.45) is 11.7 Å². The molecule has 1 aromatic carbocycles. The average Bonchev–Trinajstić information content (AvgIpc) is 2.99. The number of amides is 1. The van der Waals surface area contributed by atoms with Crippen LogP contribution in [0.5, 0.6) is 0 Å². The molecule has 0 saturated carbocycles. The van der Waals surface area contributed by atoms with Crippen LogP contribution < -0.4 is 11.1 Å². The van der Waals surface area contributed by atoms with Crippen LogP contribution in [-0.2, 0) is 11.2 Å². The standard InChI is InChI=1S/C16H20N2OS/c1-12(15(17)14-5-3-2-4-6-14)16(19)18-9-7-13-8-10-20-11-13/h2-6,8,10-12,15H,7,9,17H2,1H3,(H,18,19). The third kappa shape index (κ3) is 3.92. The first kappa shape index (κ1) is 14.8. The van der Waals surface area contributed by atoms with E-state index in [0.29, 0.717) is 6.54 Å². The molecular formula is C16H20N2OS. The molecule has 2 atom stereocenters. The Morgan fingerprint density at radius 2 is 2.05 bits per heavy atom. The number of benzene rings is 1. The number of nitrogens with one attached hydrogen (secondary N) is 1. The molecule has 2 aromatic rings. The molecule has 0 spiro atoms. The zero-order chi connectivity index (χ0) is 14.4. The summed E-state index contributed by atoms with van der Waals surface area (Å²) in [6.07, 6.45) is 0.864. The molecule has 0 radical (unpaired) electrons. The van der Waals surface area contributed by atoms with Crippen molar-refractivity contribution in [2.45, 2.75) is 19.4 Å². The highest BCUT2D eigenvalue weighted by molar-refractivity contribution is 7.07. The van der Waals surface area contributed by atoms with Gasteiger partial charge in [0, 0.05) is 12.6 Å². The van der Waals surface area contributed by atoms with Crippen molar-refractivity contribution in [1.29, 1.82) is 0 Å². The second kappa shape index (κ2) is 7.22. The van der Waals surface area contributed by atoms with Crippen LogP contribution in [0.15, 0.2) is 47.2 Å². The predicted octanol–water partition coefficient (Wildman–Crippen LogP) is 2.74. The molecule has 106 valence electrons. The Balaban J connectivity index is 1.82. The highest BCUT2D eigenvalue weighted by atomic mass is 32.1. The van der Waals surface area contributed by atoms with E-state index in [9.17, 15) is 4.79 Å². The lowest BCUT2D eigenvalue weighted by Crippen LogP contribution is -2.36. The lowest BCUT2D eigenvalue weighted by atomic mass is 9.94. The number of hydrogen-bond donors (Lipinski definition) is 2. The van der Waals surface area contributed by atoms with Gasteiger partial charge in [-0.25, -0.2) is 0 Å². The van der Waals surface area contributed by atoms with Gasteiger partial charge >= 0.3 is 0 Å². The fourth-order valence-electron chi connectivity index (χ4n) is 2.05. The molecule has 2 rings (SSSR count). The Kier molecular flexibility index (Phi) is 5.32. The Morgan fingerprint density at radius 3 is 2.70 bits per heavy atom. The van der Waals surface area contributed by atoms with Crippen molar-refractivity contribution in [2.75, 3.05) is 6.54 Å².